The van der Waals surface area contributed by atoms with Gasteiger partial charge in [-0.05, 0) is 18.1 Å². The number of hydrogen-bond donors (Lipinski definition) is 2. The van der Waals surface area contributed by atoms with E-state index in [0.717, 1.165) is 18.4 Å². The quantitative estimate of drug-likeness (QED) is 0.332. The predicted octanol–water partition coefficient (Wildman–Crippen LogP) is 1.98. The highest BCUT2D eigenvalue weighted by molar-refractivity contribution is 5.82. The van der Waals surface area contributed by atoms with E-state index in [2.05, 4.69) is 17.1 Å². The van der Waals surface area contributed by atoms with E-state index in [1.54, 1.807) is 17.3 Å². The van der Waals surface area contributed by atoms with Crippen molar-refractivity contribution in [1.82, 2.24) is 9.88 Å². The van der Waals surface area contributed by atoms with Gasteiger partial charge in [0.25, 0.3) is 0 Å². The summed E-state index contributed by atoms with van der Waals surface area (Å²) in [7, 11) is 0. The Morgan fingerprint density at radius 1 is 1.57 bits per heavy atom. The molecule has 1 heterocycles. The summed E-state index contributed by atoms with van der Waals surface area (Å²) in [6, 6.07) is 3.78. The van der Waals surface area contributed by atoms with Gasteiger partial charge in [0.2, 0.25) is 5.91 Å². The molecule has 0 fully saturated rings. The number of carbonyl (C=O) groups is 1. The first kappa shape index (κ1) is 16.9. The van der Waals surface area contributed by atoms with E-state index in [4.69, 9.17) is 10.9 Å². The van der Waals surface area contributed by atoms with E-state index in [1.165, 1.54) is 0 Å². The Bertz CT molecular complexity index is 462. The van der Waals surface area contributed by atoms with Crippen molar-refractivity contribution >= 4 is 11.7 Å². The highest BCUT2D eigenvalue weighted by Crippen LogP contribution is 2.13. The maximum atomic E-state index is 12.5. The van der Waals surface area contributed by atoms with Crippen molar-refractivity contribution in [2.45, 2.75) is 39.7 Å². The van der Waals surface area contributed by atoms with Crippen LogP contribution in [0.4, 0.5) is 0 Å². The third kappa shape index (κ3) is 5.81. The number of pyridine rings is 1. The molecule has 1 rings (SSSR count). The highest BCUT2D eigenvalue weighted by atomic mass is 16.4. The monoisotopic (exact) mass is 292 g/mol. The second-order valence-corrected chi connectivity index (χ2v) is 5.15. The molecule has 0 bridgehead atoms. The van der Waals surface area contributed by atoms with Crippen LogP contribution < -0.4 is 5.73 Å². The first-order valence-corrected chi connectivity index (χ1v) is 7.22. The van der Waals surface area contributed by atoms with Crippen LogP contribution in [-0.2, 0) is 11.3 Å². The number of oxime groups is 1. The molecule has 1 amide bonds. The minimum atomic E-state index is -0.0287. The summed E-state index contributed by atoms with van der Waals surface area (Å²) in [6.07, 6.45) is 5.61. The van der Waals surface area contributed by atoms with Crippen LogP contribution in [0.3, 0.4) is 0 Å². The molecule has 6 nitrogen and oxygen atoms in total. The number of aromatic nitrogens is 1. The summed E-state index contributed by atoms with van der Waals surface area (Å²) in [6.45, 7) is 4.91. The fourth-order valence-electron chi connectivity index (χ4n) is 2.15. The second-order valence-electron chi connectivity index (χ2n) is 5.15. The summed E-state index contributed by atoms with van der Waals surface area (Å²) in [5.41, 5.74) is 6.47. The molecule has 0 aliphatic carbocycles. The molecule has 0 aliphatic heterocycles. The average Bonchev–Trinajstić information content (AvgIpc) is 2.51. The topological polar surface area (TPSA) is 91.8 Å². The van der Waals surface area contributed by atoms with Gasteiger partial charge in [0.05, 0.1) is 0 Å². The molecule has 0 aliphatic rings. The van der Waals surface area contributed by atoms with E-state index >= 15 is 0 Å². The Morgan fingerprint density at radius 2 is 2.33 bits per heavy atom. The van der Waals surface area contributed by atoms with Gasteiger partial charge in [-0.2, -0.15) is 0 Å². The molecule has 0 spiro atoms. The number of nitrogens with two attached hydrogens (primary N) is 1. The van der Waals surface area contributed by atoms with Crippen LogP contribution in [0.2, 0.25) is 0 Å². The Hall–Kier alpha value is -2.11. The molecule has 0 radical (unpaired) electrons. The van der Waals surface area contributed by atoms with Gasteiger partial charge in [-0.15, -0.1) is 0 Å². The van der Waals surface area contributed by atoms with Crippen molar-refractivity contribution in [2.24, 2.45) is 16.8 Å². The Labute approximate surface area is 125 Å². The lowest BCUT2D eigenvalue weighted by Gasteiger charge is -2.25. The molecule has 1 aromatic rings. The summed E-state index contributed by atoms with van der Waals surface area (Å²) in [4.78, 5) is 18.3. The minimum absolute atomic E-state index is 0.0287. The van der Waals surface area contributed by atoms with Crippen LogP contribution in [-0.4, -0.2) is 33.4 Å². The van der Waals surface area contributed by atoms with E-state index in [9.17, 15) is 4.79 Å². The number of amides is 1. The number of amidine groups is 1. The number of rotatable bonds is 8. The van der Waals surface area contributed by atoms with Gasteiger partial charge in [-0.1, -0.05) is 31.5 Å². The molecule has 3 N–H and O–H groups in total. The summed E-state index contributed by atoms with van der Waals surface area (Å²) in [5, 5.41) is 11.6. The normalized spacial score (nSPS) is 13.0. The third-order valence-electron chi connectivity index (χ3n) is 3.32. The number of nitrogens with zero attached hydrogens (tertiary/aromatic N) is 3. The standard InChI is InChI=1S/C15H24N4O2/c1-3-5-12(2)15(20)19(9-7-14(16)18-21)11-13-6-4-8-17-10-13/h4,6,8,10,12,21H,3,5,7,9,11H2,1-2H3,(H2,16,18). The second kappa shape index (κ2) is 8.94. The highest BCUT2D eigenvalue weighted by Gasteiger charge is 2.20. The predicted molar refractivity (Wildman–Crippen MR) is 81.8 cm³/mol. The van der Waals surface area contributed by atoms with Crippen molar-refractivity contribution in [3.05, 3.63) is 30.1 Å². The summed E-state index contributed by atoms with van der Waals surface area (Å²) in [5.74, 6) is 0.188. The fourth-order valence-corrected chi connectivity index (χ4v) is 2.15. The van der Waals surface area contributed by atoms with Crippen molar-refractivity contribution in [2.75, 3.05) is 6.54 Å². The van der Waals surface area contributed by atoms with E-state index in [-0.39, 0.29) is 17.7 Å². The maximum Gasteiger partial charge on any atom is 0.225 e. The summed E-state index contributed by atoms with van der Waals surface area (Å²) >= 11 is 0. The van der Waals surface area contributed by atoms with Crippen LogP contribution >= 0.6 is 0 Å². The lowest BCUT2D eigenvalue weighted by Crippen LogP contribution is -2.37. The zero-order valence-electron chi connectivity index (χ0n) is 12.7. The number of carbonyl (C=O) groups excluding carboxylic acids is 1. The molecule has 1 unspecified atom stereocenters. The van der Waals surface area contributed by atoms with Crippen molar-refractivity contribution in [3.63, 3.8) is 0 Å². The van der Waals surface area contributed by atoms with Gasteiger partial charge in [0.15, 0.2) is 0 Å². The van der Waals surface area contributed by atoms with Gasteiger partial charge >= 0.3 is 0 Å². The first-order valence-electron chi connectivity index (χ1n) is 7.22. The van der Waals surface area contributed by atoms with Crippen LogP contribution in [0.1, 0.15) is 38.7 Å². The van der Waals surface area contributed by atoms with Gasteiger partial charge in [0.1, 0.15) is 5.84 Å². The largest absolute Gasteiger partial charge is 0.409 e. The molecule has 1 aromatic heterocycles. The van der Waals surface area contributed by atoms with Gasteiger partial charge in [-0.25, -0.2) is 0 Å². The lowest BCUT2D eigenvalue weighted by molar-refractivity contribution is -0.135. The first-order chi connectivity index (χ1) is 10.1. The molecule has 0 saturated carbocycles. The molecule has 6 heteroatoms. The lowest BCUT2D eigenvalue weighted by atomic mass is 10.0. The van der Waals surface area contributed by atoms with Gasteiger partial charge in [-0.3, -0.25) is 9.78 Å². The minimum Gasteiger partial charge on any atom is -0.409 e. The SMILES string of the molecule is CCCC(C)C(=O)N(CC/C(N)=N/O)Cc1cccnc1. The van der Waals surface area contributed by atoms with Crippen LogP contribution in [0.5, 0.6) is 0 Å². The molecule has 21 heavy (non-hydrogen) atoms. The number of hydrogen-bond acceptors (Lipinski definition) is 4. The van der Waals surface area contributed by atoms with Crippen molar-refractivity contribution < 1.29 is 10.0 Å². The van der Waals surface area contributed by atoms with Crippen LogP contribution in [0.25, 0.3) is 0 Å². The molecule has 0 aromatic carbocycles. The van der Waals surface area contributed by atoms with Crippen LogP contribution in [0.15, 0.2) is 29.7 Å². The zero-order valence-corrected chi connectivity index (χ0v) is 12.7. The molecule has 0 saturated heterocycles. The fraction of sp³-hybridized carbons (Fsp3) is 0.533. The average molecular weight is 292 g/mol. The molecule has 1 atom stereocenters. The maximum absolute atomic E-state index is 12.5. The van der Waals surface area contributed by atoms with E-state index < -0.39 is 0 Å². The van der Waals surface area contributed by atoms with E-state index in [0.29, 0.717) is 19.5 Å². The Balaban J connectivity index is 2.76. The van der Waals surface area contributed by atoms with Crippen LogP contribution in [0, 0.1) is 5.92 Å². The third-order valence-corrected chi connectivity index (χ3v) is 3.32. The van der Waals surface area contributed by atoms with E-state index in [1.807, 2.05) is 19.1 Å². The molecule has 116 valence electrons. The zero-order chi connectivity index (χ0) is 15.7. The van der Waals surface area contributed by atoms with Crippen molar-refractivity contribution in [3.8, 4) is 0 Å². The Kier molecular flexibility index (Phi) is 7.21. The van der Waals surface area contributed by atoms with Crippen molar-refractivity contribution in [1.29, 1.82) is 0 Å². The smallest absolute Gasteiger partial charge is 0.225 e. The summed E-state index contributed by atoms with van der Waals surface area (Å²) < 4.78 is 0. The molecular weight excluding hydrogens is 268 g/mol. The van der Waals surface area contributed by atoms with Gasteiger partial charge in [0, 0.05) is 37.8 Å². The molecular formula is C15H24N4O2. The van der Waals surface area contributed by atoms with Gasteiger partial charge < -0.3 is 15.8 Å². The Morgan fingerprint density at radius 3 is 2.90 bits per heavy atom.